The van der Waals surface area contributed by atoms with Crippen LogP contribution in [0.4, 0.5) is 10.8 Å². The number of hydrogen-bond donors (Lipinski definition) is 4. The predicted octanol–water partition coefficient (Wildman–Crippen LogP) is 3.48. The average molecular weight is 470 g/mol. The number of hydrogen-bond acceptors (Lipinski definition) is 5. The Balaban J connectivity index is 1.31. The molecule has 0 unspecified atom stereocenters. The van der Waals surface area contributed by atoms with E-state index in [9.17, 15) is 9.59 Å². The van der Waals surface area contributed by atoms with Gasteiger partial charge in [0.05, 0.1) is 5.56 Å². The summed E-state index contributed by atoms with van der Waals surface area (Å²) in [5, 5.41) is 13.9. The topological polar surface area (TPSA) is 95.2 Å². The summed E-state index contributed by atoms with van der Waals surface area (Å²) in [6, 6.07) is 5.74. The highest BCUT2D eigenvalue weighted by atomic mass is 32.1. The second-order valence-electron chi connectivity index (χ2n) is 8.88. The van der Waals surface area contributed by atoms with Crippen LogP contribution in [0.25, 0.3) is 0 Å². The summed E-state index contributed by atoms with van der Waals surface area (Å²) in [6.45, 7) is 0.708. The van der Waals surface area contributed by atoms with Crippen molar-refractivity contribution in [2.75, 3.05) is 17.2 Å². The molecule has 2 fully saturated rings. The number of pyridine rings is 1. The summed E-state index contributed by atoms with van der Waals surface area (Å²) in [6.07, 6.45) is 8.41. The second-order valence-corrected chi connectivity index (χ2v) is 10.4. The van der Waals surface area contributed by atoms with Crippen LogP contribution < -0.4 is 21.3 Å². The van der Waals surface area contributed by atoms with Gasteiger partial charge in [-0.2, -0.15) is 0 Å². The molecule has 0 bridgehead atoms. The third-order valence-corrected chi connectivity index (χ3v) is 7.59. The molecule has 2 amide bonds. The lowest BCUT2D eigenvalue weighted by atomic mass is 9.91. The molecule has 7 nitrogen and oxygen atoms in total. The van der Waals surface area contributed by atoms with Crippen LogP contribution in [0.5, 0.6) is 0 Å². The molecule has 2 saturated carbocycles. The quantitative estimate of drug-likeness (QED) is 0.464. The highest BCUT2D eigenvalue weighted by Gasteiger charge is 2.34. The number of thiocarbonyl (C=S) groups is 1. The van der Waals surface area contributed by atoms with Crippen molar-refractivity contribution in [3.05, 3.63) is 40.4 Å². The minimum Gasteiger partial charge on any atom is -0.359 e. The van der Waals surface area contributed by atoms with Crippen LogP contribution >= 0.6 is 23.6 Å². The van der Waals surface area contributed by atoms with Gasteiger partial charge < -0.3 is 21.3 Å². The van der Waals surface area contributed by atoms with Gasteiger partial charge in [0.2, 0.25) is 5.91 Å². The average Bonchev–Trinajstić information content (AvgIpc) is 3.69. The molecule has 3 aliphatic carbocycles. The maximum absolute atomic E-state index is 13.1. The number of anilines is 2. The third-order valence-electron chi connectivity index (χ3n) is 6.16. The number of carbonyl (C=O) groups excluding carboxylic acids is 2. The molecule has 0 aromatic carbocycles. The molecule has 1 atom stereocenters. The molecular weight excluding hydrogens is 442 g/mol. The van der Waals surface area contributed by atoms with Crippen LogP contribution in [0.2, 0.25) is 0 Å². The standard InChI is InChI=1S/C23H27N5O2S2/c29-20(14-6-7-14)28-22-19(21(30)25-12-13-4-5-13)16-11-15(8-9-17(16)32-22)26-23(31)27-18-3-1-2-10-24-18/h1-3,10,13-15H,4-9,11-12H2,(H,25,30)(H,28,29)(H2,24,26,27,31)/t15-/m0/s1. The van der Waals surface area contributed by atoms with E-state index in [0.29, 0.717) is 40.4 Å². The molecule has 0 saturated heterocycles. The third kappa shape index (κ3) is 5.10. The zero-order valence-electron chi connectivity index (χ0n) is 17.8. The summed E-state index contributed by atoms with van der Waals surface area (Å²) in [5.41, 5.74) is 1.69. The molecule has 4 N–H and O–H groups in total. The van der Waals surface area contributed by atoms with E-state index in [4.69, 9.17) is 12.2 Å². The number of amides is 2. The fraction of sp³-hybridized carbons (Fsp3) is 0.478. The highest BCUT2D eigenvalue weighted by Crippen LogP contribution is 2.40. The van der Waals surface area contributed by atoms with Crippen LogP contribution in [-0.4, -0.2) is 34.5 Å². The largest absolute Gasteiger partial charge is 0.359 e. The lowest BCUT2D eigenvalue weighted by Gasteiger charge is -2.25. The summed E-state index contributed by atoms with van der Waals surface area (Å²) in [4.78, 5) is 31.0. The maximum Gasteiger partial charge on any atom is 0.254 e. The molecule has 5 rings (SSSR count). The highest BCUT2D eigenvalue weighted by molar-refractivity contribution is 7.80. The zero-order valence-corrected chi connectivity index (χ0v) is 19.4. The Morgan fingerprint density at radius 1 is 1.12 bits per heavy atom. The minimum atomic E-state index is -0.0738. The lowest BCUT2D eigenvalue weighted by Crippen LogP contribution is -2.41. The van der Waals surface area contributed by atoms with Crippen molar-refractivity contribution in [3.63, 3.8) is 0 Å². The Labute approximate surface area is 196 Å². The van der Waals surface area contributed by atoms with E-state index in [1.807, 2.05) is 18.2 Å². The van der Waals surface area contributed by atoms with Crippen LogP contribution in [0.15, 0.2) is 24.4 Å². The first-order valence-electron chi connectivity index (χ1n) is 11.3. The van der Waals surface area contributed by atoms with E-state index < -0.39 is 0 Å². The van der Waals surface area contributed by atoms with E-state index in [0.717, 1.165) is 31.2 Å². The van der Waals surface area contributed by atoms with Gasteiger partial charge in [0.1, 0.15) is 10.8 Å². The lowest BCUT2D eigenvalue weighted by molar-refractivity contribution is -0.117. The molecule has 2 aromatic heterocycles. The van der Waals surface area contributed by atoms with Crippen molar-refractivity contribution in [2.45, 2.75) is 51.0 Å². The van der Waals surface area contributed by atoms with Crippen LogP contribution in [0.1, 0.15) is 52.9 Å². The maximum atomic E-state index is 13.1. The molecule has 32 heavy (non-hydrogen) atoms. The van der Waals surface area contributed by atoms with Crippen molar-refractivity contribution >= 4 is 51.3 Å². The summed E-state index contributed by atoms with van der Waals surface area (Å²) >= 11 is 7.04. The van der Waals surface area contributed by atoms with Gasteiger partial charge in [-0.25, -0.2) is 4.98 Å². The van der Waals surface area contributed by atoms with Gasteiger partial charge in [0, 0.05) is 29.6 Å². The zero-order chi connectivity index (χ0) is 22.1. The van der Waals surface area contributed by atoms with E-state index in [1.165, 1.54) is 17.7 Å². The van der Waals surface area contributed by atoms with Crippen molar-refractivity contribution in [3.8, 4) is 0 Å². The molecule has 0 aliphatic heterocycles. The number of nitrogens with zero attached hydrogens (tertiary/aromatic N) is 1. The molecule has 2 aromatic rings. The number of aryl methyl sites for hydroxylation is 1. The molecule has 168 valence electrons. The predicted molar refractivity (Wildman–Crippen MR) is 130 cm³/mol. The van der Waals surface area contributed by atoms with Crippen molar-refractivity contribution in [1.82, 2.24) is 15.6 Å². The SMILES string of the molecule is O=C(NCC1CC1)c1c(NC(=O)C2CC2)sc2c1C[C@@H](NC(=S)Nc1ccccn1)CC2. The number of rotatable bonds is 7. The van der Waals surface area contributed by atoms with Crippen molar-refractivity contribution in [2.24, 2.45) is 11.8 Å². The molecule has 2 heterocycles. The molecular formula is C23H27N5O2S2. The van der Waals surface area contributed by atoms with E-state index in [2.05, 4.69) is 26.3 Å². The Kier molecular flexibility index (Phi) is 6.10. The fourth-order valence-electron chi connectivity index (χ4n) is 4.02. The Morgan fingerprint density at radius 3 is 2.69 bits per heavy atom. The molecule has 9 heteroatoms. The summed E-state index contributed by atoms with van der Waals surface area (Å²) in [7, 11) is 0. The van der Waals surface area contributed by atoms with E-state index in [-0.39, 0.29) is 23.8 Å². The van der Waals surface area contributed by atoms with Gasteiger partial charge in [-0.1, -0.05) is 6.07 Å². The van der Waals surface area contributed by atoms with Crippen molar-refractivity contribution in [1.29, 1.82) is 0 Å². The van der Waals surface area contributed by atoms with Gasteiger partial charge in [-0.05, 0) is 80.8 Å². The van der Waals surface area contributed by atoms with Gasteiger partial charge in [-0.15, -0.1) is 11.3 Å². The van der Waals surface area contributed by atoms with Gasteiger partial charge in [0.25, 0.3) is 5.91 Å². The number of fused-ring (bicyclic) bond motifs is 1. The first-order valence-corrected chi connectivity index (χ1v) is 12.5. The summed E-state index contributed by atoms with van der Waals surface area (Å²) < 4.78 is 0. The molecule has 0 spiro atoms. The van der Waals surface area contributed by atoms with Crippen LogP contribution in [-0.2, 0) is 17.6 Å². The first-order chi connectivity index (χ1) is 15.6. The van der Waals surface area contributed by atoms with Gasteiger partial charge in [0.15, 0.2) is 5.11 Å². The first kappa shape index (κ1) is 21.3. The van der Waals surface area contributed by atoms with Gasteiger partial charge >= 0.3 is 0 Å². The number of aromatic nitrogens is 1. The Hall–Kier alpha value is -2.52. The van der Waals surface area contributed by atoms with E-state index in [1.54, 1.807) is 17.5 Å². The monoisotopic (exact) mass is 469 g/mol. The Bertz CT molecular complexity index is 1030. The van der Waals surface area contributed by atoms with Gasteiger partial charge in [-0.3, -0.25) is 9.59 Å². The number of thiophene rings is 1. The smallest absolute Gasteiger partial charge is 0.254 e. The number of nitrogens with one attached hydrogen (secondary N) is 4. The van der Waals surface area contributed by atoms with Crippen LogP contribution in [0, 0.1) is 11.8 Å². The Morgan fingerprint density at radius 2 is 1.97 bits per heavy atom. The second kappa shape index (κ2) is 9.15. The van der Waals surface area contributed by atoms with Crippen LogP contribution in [0.3, 0.4) is 0 Å². The minimum absolute atomic E-state index is 0.0373. The number of carbonyl (C=O) groups is 2. The molecule has 3 aliphatic rings. The normalized spacial score (nSPS) is 19.6. The fourth-order valence-corrected chi connectivity index (χ4v) is 5.53. The van der Waals surface area contributed by atoms with E-state index >= 15 is 0 Å². The molecule has 0 radical (unpaired) electrons. The summed E-state index contributed by atoms with van der Waals surface area (Å²) in [5.74, 6) is 1.36. The van der Waals surface area contributed by atoms with Crippen molar-refractivity contribution < 1.29 is 9.59 Å².